The molecule has 0 aliphatic heterocycles. The van der Waals surface area contributed by atoms with Crippen LogP contribution in [0.2, 0.25) is 0 Å². The number of hydrogen-bond donors (Lipinski definition) is 0. The monoisotopic (exact) mass is 334 g/mol. The molecular formula is C20H30S2. The lowest BCUT2D eigenvalue weighted by Gasteiger charge is -2.38. The number of thioether (sulfide) groups is 1. The van der Waals surface area contributed by atoms with E-state index in [1.807, 2.05) is 11.3 Å². The van der Waals surface area contributed by atoms with Crippen molar-refractivity contribution in [3.05, 3.63) is 38.9 Å². The van der Waals surface area contributed by atoms with E-state index in [4.69, 9.17) is 0 Å². The average molecular weight is 335 g/mol. The molecule has 0 fully saturated rings. The first-order valence-electron chi connectivity index (χ1n) is 8.59. The van der Waals surface area contributed by atoms with Crippen molar-refractivity contribution in [2.24, 2.45) is 5.92 Å². The third kappa shape index (κ3) is 4.29. The number of fused-ring (bicyclic) bond motifs is 1. The van der Waals surface area contributed by atoms with Crippen LogP contribution in [0.3, 0.4) is 0 Å². The van der Waals surface area contributed by atoms with Crippen molar-refractivity contribution in [1.29, 1.82) is 0 Å². The van der Waals surface area contributed by atoms with E-state index in [0.29, 0.717) is 5.41 Å². The molecule has 1 aromatic rings. The molecule has 0 nitrogen and oxygen atoms in total. The van der Waals surface area contributed by atoms with Crippen molar-refractivity contribution in [3.63, 3.8) is 0 Å². The summed E-state index contributed by atoms with van der Waals surface area (Å²) in [6.07, 6.45) is 14.8. The van der Waals surface area contributed by atoms with Crippen LogP contribution in [0.15, 0.2) is 28.5 Å². The van der Waals surface area contributed by atoms with Crippen LogP contribution in [0.25, 0.3) is 6.08 Å². The Morgan fingerprint density at radius 1 is 1.36 bits per heavy atom. The lowest BCUT2D eigenvalue weighted by atomic mass is 9.66. The van der Waals surface area contributed by atoms with Gasteiger partial charge in [0.25, 0.3) is 0 Å². The molecular weight excluding hydrogens is 304 g/mol. The Bertz CT molecular complexity index is 522. The van der Waals surface area contributed by atoms with Crippen LogP contribution >= 0.6 is 23.1 Å². The van der Waals surface area contributed by atoms with Crippen molar-refractivity contribution in [1.82, 2.24) is 0 Å². The molecule has 0 saturated carbocycles. The molecule has 22 heavy (non-hydrogen) atoms. The van der Waals surface area contributed by atoms with E-state index >= 15 is 0 Å². The van der Waals surface area contributed by atoms with Gasteiger partial charge < -0.3 is 0 Å². The van der Waals surface area contributed by atoms with Gasteiger partial charge in [-0.1, -0.05) is 46.1 Å². The van der Waals surface area contributed by atoms with Gasteiger partial charge in [-0.3, -0.25) is 0 Å². The maximum absolute atomic E-state index is 2.42. The van der Waals surface area contributed by atoms with Gasteiger partial charge in [-0.2, -0.15) is 0 Å². The molecule has 0 aromatic carbocycles. The third-order valence-electron chi connectivity index (χ3n) is 4.75. The van der Waals surface area contributed by atoms with E-state index in [9.17, 15) is 0 Å². The SMILES string of the molecule is CCCCC1(CCC(C)C)CC(/C=C\SC)=Cc2sccc21. The molecule has 2 rings (SSSR count). The van der Waals surface area contributed by atoms with Crippen LogP contribution in [0.1, 0.15) is 69.7 Å². The molecule has 1 atom stereocenters. The van der Waals surface area contributed by atoms with E-state index in [1.54, 1.807) is 17.3 Å². The van der Waals surface area contributed by atoms with E-state index < -0.39 is 0 Å². The summed E-state index contributed by atoms with van der Waals surface area (Å²) >= 11 is 3.71. The molecule has 1 heterocycles. The van der Waals surface area contributed by atoms with Gasteiger partial charge in [0, 0.05) is 10.3 Å². The highest BCUT2D eigenvalue weighted by Crippen LogP contribution is 2.48. The largest absolute Gasteiger partial charge is 0.144 e. The maximum Gasteiger partial charge on any atom is 0.0310 e. The zero-order valence-electron chi connectivity index (χ0n) is 14.5. The van der Waals surface area contributed by atoms with E-state index in [0.717, 1.165) is 5.92 Å². The van der Waals surface area contributed by atoms with Gasteiger partial charge in [0.2, 0.25) is 0 Å². The first-order valence-corrected chi connectivity index (χ1v) is 10.8. The van der Waals surface area contributed by atoms with Crippen molar-refractivity contribution in [2.75, 3.05) is 6.26 Å². The van der Waals surface area contributed by atoms with Crippen molar-refractivity contribution in [2.45, 2.75) is 64.7 Å². The molecule has 0 N–H and O–H groups in total. The Balaban J connectivity index is 2.34. The normalized spacial score (nSPS) is 21.4. The Labute approximate surface area is 145 Å². The van der Waals surface area contributed by atoms with Crippen LogP contribution < -0.4 is 0 Å². The van der Waals surface area contributed by atoms with E-state index in [1.165, 1.54) is 49.0 Å². The van der Waals surface area contributed by atoms with Gasteiger partial charge in [0.1, 0.15) is 0 Å². The van der Waals surface area contributed by atoms with Crippen LogP contribution in [0.5, 0.6) is 0 Å². The quantitative estimate of drug-likeness (QED) is 0.481. The zero-order chi connectivity index (χ0) is 16.0. The van der Waals surface area contributed by atoms with Crippen LogP contribution in [-0.4, -0.2) is 6.26 Å². The molecule has 1 aromatic heterocycles. The Kier molecular flexibility index (Phi) is 6.83. The van der Waals surface area contributed by atoms with Crippen molar-refractivity contribution >= 4 is 29.2 Å². The predicted molar refractivity (Wildman–Crippen MR) is 105 cm³/mol. The summed E-state index contributed by atoms with van der Waals surface area (Å²) in [6.45, 7) is 7.03. The van der Waals surface area contributed by atoms with Gasteiger partial charge >= 0.3 is 0 Å². The molecule has 122 valence electrons. The molecule has 2 heteroatoms. The van der Waals surface area contributed by atoms with Crippen molar-refractivity contribution in [3.8, 4) is 0 Å². The second-order valence-corrected chi connectivity index (χ2v) is 8.64. The lowest BCUT2D eigenvalue weighted by molar-refractivity contribution is 0.320. The van der Waals surface area contributed by atoms with Gasteiger partial charge in [-0.05, 0) is 65.5 Å². The minimum atomic E-state index is 0.377. The Hall–Kier alpha value is -0.470. The molecule has 1 aliphatic carbocycles. The molecule has 0 spiro atoms. The molecule has 1 aliphatic rings. The van der Waals surface area contributed by atoms with Crippen LogP contribution in [0, 0.1) is 5.92 Å². The number of hydrogen-bond acceptors (Lipinski definition) is 2. The van der Waals surface area contributed by atoms with Crippen LogP contribution in [0.4, 0.5) is 0 Å². The molecule has 0 bridgehead atoms. The van der Waals surface area contributed by atoms with Gasteiger partial charge in [0.15, 0.2) is 0 Å². The fourth-order valence-corrected chi connectivity index (χ4v) is 4.78. The first kappa shape index (κ1) is 17.9. The molecule has 0 amide bonds. The van der Waals surface area contributed by atoms with Gasteiger partial charge in [0.05, 0.1) is 0 Å². The van der Waals surface area contributed by atoms with Gasteiger partial charge in [-0.15, -0.1) is 23.1 Å². The predicted octanol–water partition coefficient (Wildman–Crippen LogP) is 7.28. The van der Waals surface area contributed by atoms with E-state index in [-0.39, 0.29) is 0 Å². The highest BCUT2D eigenvalue weighted by atomic mass is 32.2. The Morgan fingerprint density at radius 3 is 2.86 bits per heavy atom. The molecule has 0 radical (unpaired) electrons. The number of allylic oxidation sites excluding steroid dienone is 2. The standard InChI is InChI=1S/C20H30S2/c1-5-6-10-20(11-7-16(2)3)15-17(8-12-21-4)14-19-18(20)9-13-22-19/h8-9,12-14,16H,5-7,10-11,15H2,1-4H3/b12-8-. The summed E-state index contributed by atoms with van der Waals surface area (Å²) in [6, 6.07) is 2.40. The summed E-state index contributed by atoms with van der Waals surface area (Å²) in [7, 11) is 0. The summed E-state index contributed by atoms with van der Waals surface area (Å²) in [5, 5.41) is 4.52. The topological polar surface area (TPSA) is 0 Å². The fraction of sp³-hybridized carbons (Fsp3) is 0.600. The summed E-state index contributed by atoms with van der Waals surface area (Å²) in [5.41, 5.74) is 3.53. The van der Waals surface area contributed by atoms with Crippen molar-refractivity contribution < 1.29 is 0 Å². The van der Waals surface area contributed by atoms with Crippen LogP contribution in [-0.2, 0) is 5.41 Å². The minimum Gasteiger partial charge on any atom is -0.144 e. The smallest absolute Gasteiger partial charge is 0.0310 e. The van der Waals surface area contributed by atoms with Gasteiger partial charge in [-0.25, -0.2) is 0 Å². The highest BCUT2D eigenvalue weighted by Gasteiger charge is 2.36. The highest BCUT2D eigenvalue weighted by molar-refractivity contribution is 8.01. The second-order valence-electron chi connectivity index (χ2n) is 6.95. The summed E-state index contributed by atoms with van der Waals surface area (Å²) < 4.78 is 0. The first-order chi connectivity index (χ1) is 10.6. The van der Waals surface area contributed by atoms with E-state index in [2.05, 4.69) is 56.0 Å². The Morgan fingerprint density at radius 2 is 2.18 bits per heavy atom. The minimum absolute atomic E-state index is 0.377. The average Bonchev–Trinajstić information content (AvgIpc) is 2.98. The maximum atomic E-state index is 2.42. The number of unbranched alkanes of at least 4 members (excludes halogenated alkanes) is 1. The summed E-state index contributed by atoms with van der Waals surface area (Å²) in [5.74, 6) is 0.789. The lowest BCUT2D eigenvalue weighted by Crippen LogP contribution is -2.29. The molecule has 0 saturated heterocycles. The summed E-state index contributed by atoms with van der Waals surface area (Å²) in [4.78, 5) is 1.51. The molecule has 1 unspecified atom stereocenters. The third-order valence-corrected chi connectivity index (χ3v) is 6.02. The number of rotatable bonds is 8. The zero-order valence-corrected chi connectivity index (χ0v) is 16.2. The fourth-order valence-electron chi connectivity index (χ4n) is 3.49. The second kappa shape index (κ2) is 8.40. The number of thiophene rings is 1.